The summed E-state index contributed by atoms with van der Waals surface area (Å²) in [4.78, 5) is 11.5. The average molecular weight is 246 g/mol. The molecule has 0 saturated heterocycles. The van der Waals surface area contributed by atoms with Gasteiger partial charge in [0.2, 0.25) is 0 Å². The maximum absolute atomic E-state index is 11.5. The fraction of sp³-hybridized carbons (Fsp3) is 0.429. The van der Waals surface area contributed by atoms with Crippen LogP contribution in [0.2, 0.25) is 0 Å². The molecule has 1 N–H and O–H groups in total. The summed E-state index contributed by atoms with van der Waals surface area (Å²) in [7, 11) is 0. The molecule has 0 aliphatic carbocycles. The van der Waals surface area contributed by atoms with E-state index in [9.17, 15) is 4.79 Å². The predicted molar refractivity (Wildman–Crippen MR) is 70.1 cm³/mol. The van der Waals surface area contributed by atoms with Crippen LogP contribution in [0.1, 0.15) is 32.8 Å². The standard InChI is InChI=1S/C14H18N2O2/c1-14(2,3)18-13(17)7-8-16-12-6-4-5-11(9-12)10-15/h4-6,9,16H,7-8H2,1-3H3. The van der Waals surface area contributed by atoms with E-state index in [2.05, 4.69) is 11.4 Å². The van der Waals surface area contributed by atoms with E-state index < -0.39 is 5.60 Å². The van der Waals surface area contributed by atoms with Gasteiger partial charge in [0.05, 0.1) is 18.1 Å². The van der Waals surface area contributed by atoms with E-state index in [-0.39, 0.29) is 5.97 Å². The molecule has 1 aromatic rings. The number of hydrogen-bond donors (Lipinski definition) is 1. The van der Waals surface area contributed by atoms with E-state index in [1.165, 1.54) is 0 Å². The lowest BCUT2D eigenvalue weighted by atomic mass is 10.2. The van der Waals surface area contributed by atoms with Crippen molar-refractivity contribution in [2.24, 2.45) is 0 Å². The van der Waals surface area contributed by atoms with Gasteiger partial charge >= 0.3 is 5.97 Å². The molecule has 0 aromatic heterocycles. The van der Waals surface area contributed by atoms with E-state index in [4.69, 9.17) is 10.00 Å². The number of esters is 1. The SMILES string of the molecule is CC(C)(C)OC(=O)CCNc1cccc(C#N)c1. The number of carbonyl (C=O) groups is 1. The zero-order valence-corrected chi connectivity index (χ0v) is 11.0. The van der Waals surface area contributed by atoms with Crippen molar-refractivity contribution in [3.8, 4) is 6.07 Å². The van der Waals surface area contributed by atoms with Crippen LogP contribution in [0.4, 0.5) is 5.69 Å². The summed E-state index contributed by atoms with van der Waals surface area (Å²) in [5.41, 5.74) is 0.979. The minimum absolute atomic E-state index is 0.230. The zero-order valence-electron chi connectivity index (χ0n) is 11.0. The molecule has 4 heteroatoms. The number of ether oxygens (including phenoxy) is 1. The van der Waals surface area contributed by atoms with Gasteiger partial charge in [-0.15, -0.1) is 0 Å². The average Bonchev–Trinajstić information content (AvgIpc) is 2.27. The van der Waals surface area contributed by atoms with Crippen molar-refractivity contribution >= 4 is 11.7 Å². The van der Waals surface area contributed by atoms with Crippen LogP contribution in [0.5, 0.6) is 0 Å². The van der Waals surface area contributed by atoms with Gasteiger partial charge in [-0.05, 0) is 39.0 Å². The Kier molecular flexibility index (Phi) is 4.73. The first-order valence-corrected chi connectivity index (χ1v) is 5.86. The van der Waals surface area contributed by atoms with Crippen molar-refractivity contribution in [2.45, 2.75) is 32.8 Å². The second-order valence-electron chi connectivity index (χ2n) is 4.96. The summed E-state index contributed by atoms with van der Waals surface area (Å²) >= 11 is 0. The van der Waals surface area contributed by atoms with E-state index in [0.29, 0.717) is 18.5 Å². The molecular weight excluding hydrogens is 228 g/mol. The summed E-state index contributed by atoms with van der Waals surface area (Å²) < 4.78 is 5.19. The monoisotopic (exact) mass is 246 g/mol. The van der Waals surface area contributed by atoms with Crippen LogP contribution in [-0.2, 0) is 9.53 Å². The number of hydrogen-bond acceptors (Lipinski definition) is 4. The molecule has 0 unspecified atom stereocenters. The molecule has 0 heterocycles. The smallest absolute Gasteiger partial charge is 0.308 e. The zero-order chi connectivity index (χ0) is 13.6. The van der Waals surface area contributed by atoms with Crippen molar-refractivity contribution in [3.05, 3.63) is 29.8 Å². The summed E-state index contributed by atoms with van der Waals surface area (Å²) in [5.74, 6) is -0.230. The van der Waals surface area contributed by atoms with Gasteiger partial charge in [0.25, 0.3) is 0 Å². The van der Waals surface area contributed by atoms with E-state index >= 15 is 0 Å². The first kappa shape index (κ1) is 14.0. The number of nitriles is 1. The van der Waals surface area contributed by atoms with Crippen molar-refractivity contribution in [2.75, 3.05) is 11.9 Å². The molecule has 18 heavy (non-hydrogen) atoms. The molecule has 0 saturated carbocycles. The van der Waals surface area contributed by atoms with Crippen LogP contribution in [0.3, 0.4) is 0 Å². The van der Waals surface area contributed by atoms with Crippen molar-refractivity contribution in [1.82, 2.24) is 0 Å². The van der Waals surface area contributed by atoms with Crippen LogP contribution < -0.4 is 5.32 Å². The topological polar surface area (TPSA) is 62.1 Å². The number of nitrogens with zero attached hydrogens (tertiary/aromatic N) is 1. The highest BCUT2D eigenvalue weighted by Crippen LogP contribution is 2.11. The Balaban J connectivity index is 2.38. The van der Waals surface area contributed by atoms with E-state index in [1.807, 2.05) is 26.8 Å². The molecule has 0 radical (unpaired) electrons. The molecule has 0 amide bonds. The molecule has 0 fully saturated rings. The molecule has 0 bridgehead atoms. The van der Waals surface area contributed by atoms with Crippen LogP contribution >= 0.6 is 0 Å². The second-order valence-corrected chi connectivity index (χ2v) is 4.96. The minimum Gasteiger partial charge on any atom is -0.460 e. The largest absolute Gasteiger partial charge is 0.460 e. The van der Waals surface area contributed by atoms with Gasteiger partial charge in [-0.3, -0.25) is 4.79 Å². The van der Waals surface area contributed by atoms with Crippen LogP contribution in [0.15, 0.2) is 24.3 Å². The van der Waals surface area contributed by atoms with Crippen LogP contribution in [0, 0.1) is 11.3 Å². The number of anilines is 1. The number of benzene rings is 1. The van der Waals surface area contributed by atoms with Crippen molar-refractivity contribution in [1.29, 1.82) is 5.26 Å². The highest BCUT2D eigenvalue weighted by atomic mass is 16.6. The number of nitrogens with one attached hydrogen (secondary N) is 1. The molecular formula is C14H18N2O2. The van der Waals surface area contributed by atoms with Gasteiger partial charge in [0, 0.05) is 12.2 Å². The molecule has 0 aliphatic rings. The quantitative estimate of drug-likeness (QED) is 0.830. The molecule has 0 atom stereocenters. The third kappa shape index (κ3) is 5.35. The summed E-state index contributed by atoms with van der Waals surface area (Å²) in [6, 6.07) is 9.20. The Hall–Kier alpha value is -2.02. The Labute approximate surface area is 108 Å². The van der Waals surface area contributed by atoms with Gasteiger partial charge in [-0.1, -0.05) is 6.07 Å². The van der Waals surface area contributed by atoms with Crippen LogP contribution in [-0.4, -0.2) is 18.1 Å². The highest BCUT2D eigenvalue weighted by Gasteiger charge is 2.15. The highest BCUT2D eigenvalue weighted by molar-refractivity contribution is 5.70. The van der Waals surface area contributed by atoms with Gasteiger partial charge in [-0.25, -0.2) is 0 Å². The molecule has 0 aliphatic heterocycles. The van der Waals surface area contributed by atoms with Crippen molar-refractivity contribution < 1.29 is 9.53 Å². The molecule has 1 rings (SSSR count). The van der Waals surface area contributed by atoms with E-state index in [0.717, 1.165) is 5.69 Å². The number of carbonyl (C=O) groups excluding carboxylic acids is 1. The Morgan fingerprint density at radius 1 is 1.44 bits per heavy atom. The fourth-order valence-corrected chi connectivity index (χ4v) is 1.40. The Bertz CT molecular complexity index is 456. The molecule has 0 spiro atoms. The van der Waals surface area contributed by atoms with E-state index in [1.54, 1.807) is 18.2 Å². The molecule has 4 nitrogen and oxygen atoms in total. The molecule has 1 aromatic carbocycles. The Morgan fingerprint density at radius 3 is 2.78 bits per heavy atom. The third-order valence-electron chi connectivity index (χ3n) is 2.07. The summed E-state index contributed by atoms with van der Waals surface area (Å²) in [6.45, 7) is 6.02. The van der Waals surface area contributed by atoms with Crippen molar-refractivity contribution in [3.63, 3.8) is 0 Å². The minimum atomic E-state index is -0.447. The van der Waals surface area contributed by atoms with Crippen LogP contribution in [0.25, 0.3) is 0 Å². The first-order valence-electron chi connectivity index (χ1n) is 5.86. The summed E-state index contributed by atoms with van der Waals surface area (Å²) in [6.07, 6.45) is 0.300. The van der Waals surface area contributed by atoms with Gasteiger partial charge < -0.3 is 10.1 Å². The lowest BCUT2D eigenvalue weighted by molar-refractivity contribution is -0.154. The maximum Gasteiger partial charge on any atom is 0.308 e. The second kappa shape index (κ2) is 6.06. The fourth-order valence-electron chi connectivity index (χ4n) is 1.40. The van der Waals surface area contributed by atoms with Gasteiger partial charge in [0.1, 0.15) is 5.60 Å². The normalized spacial score (nSPS) is 10.6. The van der Waals surface area contributed by atoms with Gasteiger partial charge in [0.15, 0.2) is 0 Å². The first-order chi connectivity index (χ1) is 8.40. The third-order valence-corrected chi connectivity index (χ3v) is 2.07. The summed E-state index contributed by atoms with van der Waals surface area (Å²) in [5, 5.41) is 11.8. The maximum atomic E-state index is 11.5. The molecule has 96 valence electrons. The van der Waals surface area contributed by atoms with Gasteiger partial charge in [-0.2, -0.15) is 5.26 Å². The number of rotatable bonds is 4. The lowest BCUT2D eigenvalue weighted by Gasteiger charge is -2.19. The Morgan fingerprint density at radius 2 is 2.17 bits per heavy atom. The lowest BCUT2D eigenvalue weighted by Crippen LogP contribution is -2.25. The predicted octanol–water partition coefficient (Wildman–Crippen LogP) is 2.70.